The first-order valence-electron chi connectivity index (χ1n) is 8.25. The fraction of sp³-hybridized carbons (Fsp3) is 0.100. The Bertz CT molecular complexity index is 994. The molecule has 0 atom stereocenters. The third kappa shape index (κ3) is 3.44. The maximum atomic E-state index is 5.74. The van der Waals surface area contributed by atoms with E-state index in [1.165, 1.54) is 0 Å². The third-order valence-corrected chi connectivity index (χ3v) is 3.99. The van der Waals surface area contributed by atoms with Gasteiger partial charge in [-0.05, 0) is 48.5 Å². The lowest BCUT2D eigenvalue weighted by atomic mass is 10.2. The lowest BCUT2D eigenvalue weighted by Gasteiger charge is -2.10. The van der Waals surface area contributed by atoms with Crippen LogP contribution in [0.4, 0.5) is 11.6 Å². The molecule has 4 N–H and O–H groups in total. The van der Waals surface area contributed by atoms with Gasteiger partial charge in [-0.2, -0.15) is 0 Å². The third-order valence-electron chi connectivity index (χ3n) is 3.99. The second-order valence-corrected chi connectivity index (χ2v) is 5.88. The van der Waals surface area contributed by atoms with Gasteiger partial charge in [-0.1, -0.05) is 0 Å². The number of rotatable bonds is 5. The second kappa shape index (κ2) is 6.76. The van der Waals surface area contributed by atoms with E-state index in [-0.39, 0.29) is 0 Å². The molecule has 0 aliphatic heterocycles. The molecule has 6 nitrogen and oxygen atoms in total. The van der Waals surface area contributed by atoms with Gasteiger partial charge in [-0.25, -0.2) is 9.97 Å². The van der Waals surface area contributed by atoms with Crippen LogP contribution in [0.15, 0.2) is 60.7 Å². The second-order valence-electron chi connectivity index (χ2n) is 5.88. The van der Waals surface area contributed by atoms with Crippen molar-refractivity contribution in [3.05, 3.63) is 60.7 Å². The molecular formula is C20H18N4O2. The van der Waals surface area contributed by atoms with Crippen LogP contribution in [-0.4, -0.2) is 23.2 Å². The van der Waals surface area contributed by atoms with E-state index in [9.17, 15) is 0 Å². The van der Waals surface area contributed by atoms with Crippen molar-refractivity contribution in [3.63, 3.8) is 0 Å². The topological polar surface area (TPSA) is 96.3 Å². The quantitative estimate of drug-likeness (QED) is 0.538. The van der Waals surface area contributed by atoms with Crippen molar-refractivity contribution in [1.29, 1.82) is 0 Å². The first-order valence-corrected chi connectivity index (χ1v) is 8.25. The predicted molar refractivity (Wildman–Crippen MR) is 103 cm³/mol. The molecule has 26 heavy (non-hydrogen) atoms. The molecule has 2 aromatic heterocycles. The van der Waals surface area contributed by atoms with E-state index in [0.29, 0.717) is 24.8 Å². The molecule has 0 bridgehead atoms. The molecule has 0 spiro atoms. The van der Waals surface area contributed by atoms with Gasteiger partial charge in [0.15, 0.2) is 0 Å². The maximum absolute atomic E-state index is 5.74. The normalized spacial score (nSPS) is 10.9. The van der Waals surface area contributed by atoms with Crippen LogP contribution in [-0.2, 0) is 0 Å². The summed E-state index contributed by atoms with van der Waals surface area (Å²) in [4.78, 5) is 8.60. The van der Waals surface area contributed by atoms with Gasteiger partial charge in [-0.15, -0.1) is 0 Å². The summed E-state index contributed by atoms with van der Waals surface area (Å²) in [5, 5.41) is 2.04. The number of hydrogen-bond donors (Lipinski definition) is 2. The lowest BCUT2D eigenvalue weighted by molar-refractivity contribution is 0.217. The maximum Gasteiger partial charge on any atom is 0.124 e. The number of aromatic nitrogens is 2. The Morgan fingerprint density at radius 3 is 1.50 bits per heavy atom. The van der Waals surface area contributed by atoms with E-state index in [1.807, 2.05) is 48.5 Å². The number of fused-ring (bicyclic) bond motifs is 2. The van der Waals surface area contributed by atoms with Gasteiger partial charge in [0, 0.05) is 22.9 Å². The SMILES string of the molecule is Nc1ccc2ccc(OCCOc3ccc4ccc(N)nc4c3)cc2n1. The highest BCUT2D eigenvalue weighted by molar-refractivity contribution is 5.82. The molecule has 0 saturated heterocycles. The molecule has 0 saturated carbocycles. The fourth-order valence-corrected chi connectivity index (χ4v) is 2.72. The Morgan fingerprint density at radius 2 is 1.04 bits per heavy atom. The largest absolute Gasteiger partial charge is 0.490 e. The van der Waals surface area contributed by atoms with Gasteiger partial charge in [0.1, 0.15) is 36.3 Å². The van der Waals surface area contributed by atoms with Crippen molar-refractivity contribution in [2.24, 2.45) is 0 Å². The lowest BCUT2D eigenvalue weighted by Crippen LogP contribution is -2.09. The molecule has 0 aliphatic carbocycles. The Kier molecular flexibility index (Phi) is 4.15. The number of pyridine rings is 2. The van der Waals surface area contributed by atoms with Crippen molar-refractivity contribution in [2.75, 3.05) is 24.7 Å². The summed E-state index contributed by atoms with van der Waals surface area (Å²) in [7, 11) is 0. The van der Waals surface area contributed by atoms with Crippen LogP contribution in [0.2, 0.25) is 0 Å². The highest BCUT2D eigenvalue weighted by Crippen LogP contribution is 2.22. The van der Waals surface area contributed by atoms with Gasteiger partial charge in [0.25, 0.3) is 0 Å². The van der Waals surface area contributed by atoms with Crippen LogP contribution in [0.1, 0.15) is 0 Å². The molecular weight excluding hydrogens is 328 g/mol. The minimum atomic E-state index is 0.413. The Hall–Kier alpha value is -3.54. The van der Waals surface area contributed by atoms with Gasteiger partial charge in [0.2, 0.25) is 0 Å². The highest BCUT2D eigenvalue weighted by Gasteiger charge is 2.02. The van der Waals surface area contributed by atoms with E-state index < -0.39 is 0 Å². The van der Waals surface area contributed by atoms with Gasteiger partial charge >= 0.3 is 0 Å². The first kappa shape index (κ1) is 16.0. The highest BCUT2D eigenvalue weighted by atomic mass is 16.5. The summed E-state index contributed by atoms with van der Waals surface area (Å²) >= 11 is 0. The zero-order valence-corrected chi connectivity index (χ0v) is 14.1. The minimum absolute atomic E-state index is 0.413. The van der Waals surface area contributed by atoms with Crippen molar-refractivity contribution >= 4 is 33.4 Å². The number of anilines is 2. The predicted octanol–water partition coefficient (Wildman–Crippen LogP) is 3.41. The van der Waals surface area contributed by atoms with Gasteiger partial charge in [0.05, 0.1) is 11.0 Å². The van der Waals surface area contributed by atoms with Crippen molar-refractivity contribution in [3.8, 4) is 11.5 Å². The van der Waals surface area contributed by atoms with Crippen LogP contribution in [0, 0.1) is 0 Å². The molecule has 130 valence electrons. The van der Waals surface area contributed by atoms with Crippen LogP contribution >= 0.6 is 0 Å². The molecule has 0 radical (unpaired) electrons. The molecule has 4 rings (SSSR count). The van der Waals surface area contributed by atoms with Crippen molar-refractivity contribution in [1.82, 2.24) is 9.97 Å². The number of benzene rings is 2. The first-order chi connectivity index (χ1) is 12.7. The number of nitrogens with two attached hydrogens (primary N) is 2. The standard InChI is InChI=1S/C20H18N4O2/c21-19-7-3-13-1-5-15(11-17(13)23-19)25-9-10-26-16-6-2-14-4-8-20(22)24-18(14)12-16/h1-8,11-12H,9-10H2,(H2,21,23)(H2,22,24). The van der Waals surface area contributed by atoms with Gasteiger partial charge in [-0.3, -0.25) is 0 Å². The molecule has 0 fully saturated rings. The summed E-state index contributed by atoms with van der Waals surface area (Å²) in [5.74, 6) is 2.44. The summed E-state index contributed by atoms with van der Waals surface area (Å²) < 4.78 is 11.5. The zero-order chi connectivity index (χ0) is 17.9. The van der Waals surface area contributed by atoms with E-state index in [2.05, 4.69) is 9.97 Å². The Balaban J connectivity index is 1.37. The van der Waals surface area contributed by atoms with E-state index in [0.717, 1.165) is 33.3 Å². The van der Waals surface area contributed by atoms with Gasteiger partial charge < -0.3 is 20.9 Å². The zero-order valence-electron chi connectivity index (χ0n) is 14.1. The summed E-state index contributed by atoms with van der Waals surface area (Å²) in [6.45, 7) is 0.826. The number of nitrogen functional groups attached to an aromatic ring is 2. The smallest absolute Gasteiger partial charge is 0.124 e. The molecule has 0 amide bonds. The number of ether oxygens (including phenoxy) is 2. The summed E-state index contributed by atoms with van der Waals surface area (Å²) in [5.41, 5.74) is 13.1. The molecule has 0 unspecified atom stereocenters. The van der Waals surface area contributed by atoms with Crippen LogP contribution in [0.5, 0.6) is 11.5 Å². The number of nitrogens with zero attached hydrogens (tertiary/aromatic N) is 2. The molecule has 4 aromatic rings. The summed E-state index contributed by atoms with van der Waals surface area (Å²) in [6, 6.07) is 18.9. The van der Waals surface area contributed by atoms with Crippen LogP contribution < -0.4 is 20.9 Å². The van der Waals surface area contributed by atoms with E-state index in [1.54, 1.807) is 12.1 Å². The van der Waals surface area contributed by atoms with Crippen LogP contribution in [0.25, 0.3) is 21.8 Å². The molecule has 6 heteroatoms. The summed E-state index contributed by atoms with van der Waals surface area (Å²) in [6.07, 6.45) is 0. The fourth-order valence-electron chi connectivity index (χ4n) is 2.72. The molecule has 2 aromatic carbocycles. The van der Waals surface area contributed by atoms with E-state index >= 15 is 0 Å². The van der Waals surface area contributed by atoms with Crippen LogP contribution in [0.3, 0.4) is 0 Å². The molecule has 0 aliphatic rings. The monoisotopic (exact) mass is 346 g/mol. The Morgan fingerprint density at radius 1 is 0.615 bits per heavy atom. The average molecular weight is 346 g/mol. The average Bonchev–Trinajstić information content (AvgIpc) is 2.64. The minimum Gasteiger partial charge on any atom is -0.490 e. The molecule has 2 heterocycles. The van der Waals surface area contributed by atoms with Crippen molar-refractivity contribution in [2.45, 2.75) is 0 Å². The Labute approximate surface area is 150 Å². The van der Waals surface area contributed by atoms with E-state index in [4.69, 9.17) is 20.9 Å². The number of hydrogen-bond acceptors (Lipinski definition) is 6. The van der Waals surface area contributed by atoms with Crippen molar-refractivity contribution < 1.29 is 9.47 Å².